The summed E-state index contributed by atoms with van der Waals surface area (Å²) in [6.07, 6.45) is 2.02. The maximum absolute atomic E-state index is 13.6. The highest BCUT2D eigenvalue weighted by Gasteiger charge is 2.25. The lowest BCUT2D eigenvalue weighted by molar-refractivity contribution is 0.0974. The van der Waals surface area contributed by atoms with Gasteiger partial charge in [0.1, 0.15) is 6.33 Å². The molecule has 32 heavy (non-hydrogen) atoms. The summed E-state index contributed by atoms with van der Waals surface area (Å²) in [5.41, 5.74) is 1.29. The minimum absolute atomic E-state index is 0.193. The molecule has 0 aliphatic rings. The normalized spacial score (nSPS) is 13.0. The molecule has 4 aromatic rings. The Morgan fingerprint density at radius 1 is 1.12 bits per heavy atom. The number of halogens is 1. The van der Waals surface area contributed by atoms with Crippen LogP contribution in [0.1, 0.15) is 6.92 Å². The van der Waals surface area contributed by atoms with E-state index >= 15 is 0 Å². The average molecular weight is 438 g/mol. The fourth-order valence-corrected chi connectivity index (χ4v) is 3.39. The summed E-state index contributed by atoms with van der Waals surface area (Å²) in [4.78, 5) is 21.4. The molecule has 0 saturated carbocycles. The van der Waals surface area contributed by atoms with Crippen LogP contribution in [0.3, 0.4) is 0 Å². The number of nitrogens with one attached hydrogen (secondary N) is 1. The van der Waals surface area contributed by atoms with Gasteiger partial charge in [-0.15, -0.1) is 0 Å². The van der Waals surface area contributed by atoms with E-state index < -0.39 is 24.9 Å². The number of methoxy groups -OCH3 is 2. The molecule has 2 atom stereocenters. The van der Waals surface area contributed by atoms with Gasteiger partial charge < -0.3 is 19.5 Å². The number of hydrogen-bond acceptors (Lipinski definition) is 6. The van der Waals surface area contributed by atoms with Crippen molar-refractivity contribution in [1.82, 2.24) is 19.9 Å². The molecule has 2 aromatic carbocycles. The zero-order chi connectivity index (χ0) is 22.7. The first kappa shape index (κ1) is 21.4. The van der Waals surface area contributed by atoms with E-state index in [-0.39, 0.29) is 5.88 Å². The van der Waals surface area contributed by atoms with Crippen molar-refractivity contribution in [2.24, 2.45) is 5.92 Å². The van der Waals surface area contributed by atoms with Crippen LogP contribution in [0.4, 0.5) is 9.18 Å². The lowest BCUT2D eigenvalue weighted by atomic mass is 10.1. The molecule has 2 heterocycles. The molecule has 0 saturated heterocycles. The first-order valence-corrected chi connectivity index (χ1v) is 10.0. The quantitative estimate of drug-likeness (QED) is 0.436. The number of aromatic nitrogens is 3. The second kappa shape index (κ2) is 9.09. The highest BCUT2D eigenvalue weighted by molar-refractivity contribution is 5.91. The second-order valence-corrected chi connectivity index (χ2v) is 7.27. The second-order valence-electron chi connectivity index (χ2n) is 7.27. The van der Waals surface area contributed by atoms with Crippen molar-refractivity contribution in [1.29, 1.82) is 0 Å². The van der Waals surface area contributed by atoms with Gasteiger partial charge in [0.05, 0.1) is 37.3 Å². The zero-order valence-electron chi connectivity index (χ0n) is 17.9. The Morgan fingerprint density at radius 3 is 2.62 bits per heavy atom. The largest absolute Gasteiger partial charge is 0.493 e. The van der Waals surface area contributed by atoms with Crippen molar-refractivity contribution in [3.63, 3.8) is 0 Å². The van der Waals surface area contributed by atoms with Gasteiger partial charge >= 0.3 is 6.03 Å². The van der Waals surface area contributed by atoms with E-state index in [0.717, 1.165) is 10.9 Å². The van der Waals surface area contributed by atoms with E-state index in [0.29, 0.717) is 22.4 Å². The summed E-state index contributed by atoms with van der Waals surface area (Å²) < 4.78 is 31.7. The van der Waals surface area contributed by atoms with Gasteiger partial charge in [-0.25, -0.2) is 14.8 Å². The van der Waals surface area contributed by atoms with Crippen LogP contribution in [0.2, 0.25) is 0 Å². The van der Waals surface area contributed by atoms with Crippen LogP contribution < -0.4 is 19.5 Å². The predicted molar refractivity (Wildman–Crippen MR) is 118 cm³/mol. The molecule has 8 nitrogen and oxygen atoms in total. The lowest BCUT2D eigenvalue weighted by Gasteiger charge is -2.24. The molecule has 2 unspecified atom stereocenters. The van der Waals surface area contributed by atoms with E-state index in [2.05, 4.69) is 15.3 Å². The van der Waals surface area contributed by atoms with Crippen molar-refractivity contribution in [3.05, 3.63) is 55.0 Å². The van der Waals surface area contributed by atoms with Crippen molar-refractivity contribution >= 4 is 27.8 Å². The Balaban J connectivity index is 1.66. The van der Waals surface area contributed by atoms with Gasteiger partial charge in [-0.05, 0) is 18.2 Å². The maximum atomic E-state index is 13.6. The third-order valence-corrected chi connectivity index (χ3v) is 5.19. The summed E-state index contributed by atoms with van der Waals surface area (Å²) in [7, 11) is 3.05. The predicted octanol–water partition coefficient (Wildman–Crippen LogP) is 4.17. The number of alkyl halides is 1. The monoisotopic (exact) mass is 438 g/mol. The Labute approximate surface area is 183 Å². The number of ether oxygens (including phenoxy) is 3. The number of para-hydroxylation sites is 1. The fourth-order valence-electron chi connectivity index (χ4n) is 3.39. The highest BCUT2D eigenvalue weighted by Crippen LogP contribution is 2.34. The molecular formula is C23H23FN4O4. The van der Waals surface area contributed by atoms with Gasteiger partial charge in [-0.3, -0.25) is 8.96 Å². The molecule has 0 aliphatic heterocycles. The number of hydrogen-bond donors (Lipinski definition) is 1. The van der Waals surface area contributed by atoms with E-state index in [1.807, 2.05) is 30.3 Å². The molecule has 0 spiro atoms. The van der Waals surface area contributed by atoms with Crippen LogP contribution in [0.15, 0.2) is 55.0 Å². The van der Waals surface area contributed by atoms with Crippen molar-refractivity contribution in [2.45, 2.75) is 13.2 Å². The summed E-state index contributed by atoms with van der Waals surface area (Å²) in [6, 6.07) is 12.3. The van der Waals surface area contributed by atoms with Crippen LogP contribution in [0.25, 0.3) is 21.8 Å². The third-order valence-electron chi connectivity index (χ3n) is 5.19. The number of carbonyl (C=O) groups excluding carboxylic acids is 1. The first-order chi connectivity index (χ1) is 15.5. The summed E-state index contributed by atoms with van der Waals surface area (Å²) >= 11 is 0. The van der Waals surface area contributed by atoms with Gasteiger partial charge in [-0.1, -0.05) is 25.1 Å². The fraction of sp³-hybridized carbons (Fsp3) is 0.261. The van der Waals surface area contributed by atoms with Crippen molar-refractivity contribution in [3.8, 4) is 17.4 Å². The number of carbonyl (C=O) groups is 1. The topological polar surface area (TPSA) is 87.5 Å². The molecule has 0 fully saturated rings. The number of rotatable bonds is 7. The first-order valence-electron chi connectivity index (χ1n) is 10.0. The summed E-state index contributed by atoms with van der Waals surface area (Å²) in [6.45, 7) is 0.948. The molecule has 166 valence electrons. The van der Waals surface area contributed by atoms with Crippen molar-refractivity contribution in [2.75, 3.05) is 20.9 Å². The van der Waals surface area contributed by atoms with Crippen LogP contribution >= 0.6 is 0 Å². The Morgan fingerprint density at radius 2 is 1.88 bits per heavy atom. The molecule has 0 radical (unpaired) electrons. The SMILES string of the molecule is COc1cc2ncnc(OC(NC(=O)n3ccc4ccccc43)C(C)CF)c2cc1OC. The Bertz CT molecular complexity index is 1260. The van der Waals surface area contributed by atoms with Crippen LogP contribution in [-0.4, -0.2) is 47.7 Å². The van der Waals surface area contributed by atoms with Crippen LogP contribution in [0, 0.1) is 5.92 Å². The third kappa shape index (κ3) is 4.01. The number of amides is 1. The molecule has 9 heteroatoms. The van der Waals surface area contributed by atoms with Gasteiger partial charge in [-0.2, -0.15) is 0 Å². The van der Waals surface area contributed by atoms with E-state index in [9.17, 15) is 9.18 Å². The Kier molecular flexibility index (Phi) is 6.07. The van der Waals surface area contributed by atoms with E-state index in [1.165, 1.54) is 25.1 Å². The zero-order valence-corrected chi connectivity index (χ0v) is 17.9. The highest BCUT2D eigenvalue weighted by atomic mass is 19.1. The Hall–Kier alpha value is -3.88. The average Bonchev–Trinajstić information content (AvgIpc) is 3.26. The minimum atomic E-state index is -0.972. The summed E-state index contributed by atoms with van der Waals surface area (Å²) in [5.74, 6) is 0.536. The summed E-state index contributed by atoms with van der Waals surface area (Å²) in [5, 5.41) is 4.23. The van der Waals surface area contributed by atoms with Crippen molar-refractivity contribution < 1.29 is 23.4 Å². The molecule has 0 bridgehead atoms. The van der Waals surface area contributed by atoms with E-state index in [1.54, 1.807) is 25.3 Å². The smallest absolute Gasteiger partial charge is 0.328 e. The number of fused-ring (bicyclic) bond motifs is 2. The molecule has 1 N–H and O–H groups in total. The van der Waals surface area contributed by atoms with E-state index in [4.69, 9.17) is 14.2 Å². The number of nitrogens with zero attached hydrogens (tertiary/aromatic N) is 3. The molecule has 4 rings (SSSR count). The molecular weight excluding hydrogens is 415 g/mol. The van der Waals surface area contributed by atoms with Gasteiger partial charge in [0.2, 0.25) is 5.88 Å². The lowest BCUT2D eigenvalue weighted by Crippen LogP contribution is -2.46. The molecule has 0 aliphatic carbocycles. The molecule has 1 amide bonds. The molecule has 2 aromatic heterocycles. The van der Waals surface area contributed by atoms with Crippen LogP contribution in [0.5, 0.6) is 17.4 Å². The van der Waals surface area contributed by atoms with Gasteiger partial charge in [0.15, 0.2) is 17.7 Å². The van der Waals surface area contributed by atoms with Gasteiger partial charge in [0.25, 0.3) is 0 Å². The van der Waals surface area contributed by atoms with Crippen LogP contribution in [-0.2, 0) is 0 Å². The minimum Gasteiger partial charge on any atom is -0.493 e. The maximum Gasteiger partial charge on any atom is 0.328 e. The van der Waals surface area contributed by atoms with Gasteiger partial charge in [0, 0.05) is 23.6 Å². The number of benzene rings is 2. The standard InChI is InChI=1S/C23H23FN4O4/c1-14(12-24)21(27-23(29)28-9-8-15-6-4-5-7-18(15)28)32-22-16-10-19(30-2)20(31-3)11-17(16)25-13-26-22/h4-11,13-14,21H,12H2,1-3H3,(H,27,29).